The van der Waals surface area contributed by atoms with Crippen LogP contribution in [0.5, 0.6) is 0 Å². The summed E-state index contributed by atoms with van der Waals surface area (Å²) in [6, 6.07) is 11.1. The van der Waals surface area contributed by atoms with Crippen LogP contribution in [0.3, 0.4) is 0 Å². The van der Waals surface area contributed by atoms with Crippen LogP contribution in [0.25, 0.3) is 0 Å². The van der Waals surface area contributed by atoms with Gasteiger partial charge in [0.05, 0.1) is 17.2 Å². The zero-order chi connectivity index (χ0) is 20.2. The molecule has 4 N–H and O–H groups in total. The maximum atomic E-state index is 13.0. The number of hydrogen-bond acceptors (Lipinski definition) is 5. The topological polar surface area (TPSA) is 99.1 Å². The van der Waals surface area contributed by atoms with Crippen LogP contribution in [-0.2, 0) is 11.0 Å². The van der Waals surface area contributed by atoms with Crippen LogP contribution in [0.4, 0.5) is 24.5 Å². The largest absolute Gasteiger partial charge is 0.417 e. The van der Waals surface area contributed by atoms with Gasteiger partial charge in [-0.15, -0.1) is 11.8 Å². The van der Waals surface area contributed by atoms with E-state index in [0.717, 1.165) is 11.0 Å². The molecule has 0 aliphatic carbocycles. The van der Waals surface area contributed by atoms with Crippen molar-refractivity contribution in [3.05, 3.63) is 53.6 Å². The first kappa shape index (κ1) is 23.7. The second kappa shape index (κ2) is 9.23. The monoisotopic (exact) mass is 429 g/mol. The number of alkyl halides is 3. The summed E-state index contributed by atoms with van der Waals surface area (Å²) in [6.45, 7) is 1.26. The summed E-state index contributed by atoms with van der Waals surface area (Å²) in [7, 11) is 0. The van der Waals surface area contributed by atoms with Crippen LogP contribution in [0, 0.1) is 11.3 Å². The average Bonchev–Trinajstić information content (AvgIpc) is 2.60. The number of nitriles is 1. The van der Waals surface area contributed by atoms with Crippen molar-refractivity contribution in [3.8, 4) is 6.07 Å². The van der Waals surface area contributed by atoms with Gasteiger partial charge in [0, 0.05) is 22.0 Å². The summed E-state index contributed by atoms with van der Waals surface area (Å²) < 4.78 is 39.0. The Morgan fingerprint density at radius 1 is 1.25 bits per heavy atom. The number of nitrogens with zero attached hydrogens (tertiary/aromatic N) is 1. The highest BCUT2D eigenvalue weighted by atomic mass is 32.2. The van der Waals surface area contributed by atoms with E-state index in [4.69, 9.17) is 11.0 Å². The van der Waals surface area contributed by atoms with Crippen LogP contribution < -0.4 is 11.1 Å². The van der Waals surface area contributed by atoms with Crippen molar-refractivity contribution >= 4 is 42.5 Å². The summed E-state index contributed by atoms with van der Waals surface area (Å²) in [4.78, 5) is 13.1. The lowest BCUT2D eigenvalue weighted by Crippen LogP contribution is -2.42. The average molecular weight is 429 g/mol. The van der Waals surface area contributed by atoms with E-state index < -0.39 is 28.8 Å². The molecule has 0 aromatic heterocycles. The smallest absolute Gasteiger partial charge is 0.399 e. The van der Waals surface area contributed by atoms with Gasteiger partial charge < -0.3 is 16.2 Å². The highest BCUT2D eigenvalue weighted by molar-refractivity contribution is 7.99. The Morgan fingerprint density at radius 2 is 1.86 bits per heavy atom. The minimum Gasteiger partial charge on any atom is -0.399 e. The fourth-order valence-electron chi connectivity index (χ4n) is 2.07. The fourth-order valence-corrected chi connectivity index (χ4v) is 2.98. The third-order valence-electron chi connectivity index (χ3n) is 3.59. The molecule has 5 nitrogen and oxygen atoms in total. The molecule has 0 aliphatic heterocycles. The number of carbonyl (C=O) groups excluding carboxylic acids is 1. The molecule has 1 atom stereocenters. The van der Waals surface area contributed by atoms with Gasteiger partial charge >= 0.3 is 6.18 Å². The van der Waals surface area contributed by atoms with Gasteiger partial charge in [-0.2, -0.15) is 31.9 Å². The number of nitrogens with two attached hydrogens (primary N) is 1. The lowest BCUT2D eigenvalue weighted by molar-refractivity contribution is -0.137. The first-order valence-electron chi connectivity index (χ1n) is 7.66. The Labute approximate surface area is 171 Å². The molecule has 0 saturated carbocycles. The minimum atomic E-state index is -4.74. The predicted molar refractivity (Wildman–Crippen MR) is 107 cm³/mol. The second-order valence-corrected chi connectivity index (χ2v) is 7.00. The number of halogens is 3. The molecule has 2 rings (SSSR count). The SMILES string of the molecule is C[C@@](O)(CSc1ccc(N)cc1)C(=O)Nc1ccc(C#N)c(C(F)(F)F)c1.S. The summed E-state index contributed by atoms with van der Waals surface area (Å²) in [5.74, 6) is -0.881. The Balaban J connectivity index is 0.00000392. The summed E-state index contributed by atoms with van der Waals surface area (Å²) >= 11 is 1.20. The molecule has 0 bridgehead atoms. The molecule has 1 amide bonds. The van der Waals surface area contributed by atoms with Crippen molar-refractivity contribution in [2.45, 2.75) is 23.6 Å². The summed E-state index contributed by atoms with van der Waals surface area (Å²) in [5.41, 5.74) is 2.46. The minimum absolute atomic E-state index is 0. The molecular weight excluding hydrogens is 411 g/mol. The molecule has 10 heteroatoms. The molecule has 28 heavy (non-hydrogen) atoms. The van der Waals surface area contributed by atoms with Crippen LogP contribution in [0.15, 0.2) is 47.4 Å². The summed E-state index contributed by atoms with van der Waals surface area (Å²) in [5, 5.41) is 21.4. The standard InChI is InChI=1S/C18H16F3N3O2S.H2S/c1-17(26,10-27-14-6-3-12(23)4-7-14)16(25)24-13-5-2-11(9-22)15(8-13)18(19,20)21;/h2-8,26H,10,23H2,1H3,(H,24,25);1H2/t17-;/m1./s1. The fraction of sp³-hybridized carbons (Fsp3) is 0.222. The van der Waals surface area contributed by atoms with Gasteiger partial charge in [0.25, 0.3) is 5.91 Å². The first-order valence-corrected chi connectivity index (χ1v) is 8.65. The quantitative estimate of drug-likeness (QED) is 0.497. The normalized spacial score (nSPS) is 13.0. The Morgan fingerprint density at radius 3 is 2.39 bits per heavy atom. The van der Waals surface area contributed by atoms with E-state index in [0.29, 0.717) is 11.8 Å². The molecule has 150 valence electrons. The first-order chi connectivity index (χ1) is 12.5. The van der Waals surface area contributed by atoms with E-state index in [9.17, 15) is 23.1 Å². The van der Waals surface area contributed by atoms with E-state index in [-0.39, 0.29) is 24.9 Å². The number of anilines is 2. The van der Waals surface area contributed by atoms with Crippen LogP contribution >= 0.6 is 25.3 Å². The van der Waals surface area contributed by atoms with Crippen molar-refractivity contribution in [2.75, 3.05) is 16.8 Å². The van der Waals surface area contributed by atoms with Gasteiger partial charge in [-0.1, -0.05) is 0 Å². The third kappa shape index (κ3) is 6.09. The molecule has 0 heterocycles. The molecule has 0 radical (unpaired) electrons. The molecule has 0 aliphatic rings. The highest BCUT2D eigenvalue weighted by Crippen LogP contribution is 2.34. The number of aliphatic hydroxyl groups is 1. The second-order valence-electron chi connectivity index (χ2n) is 5.96. The zero-order valence-corrected chi connectivity index (χ0v) is 16.5. The van der Waals surface area contributed by atoms with Gasteiger partial charge in [0.1, 0.15) is 5.60 Å². The molecule has 2 aromatic rings. The van der Waals surface area contributed by atoms with Crippen LogP contribution in [0.1, 0.15) is 18.1 Å². The van der Waals surface area contributed by atoms with Crippen LogP contribution in [-0.4, -0.2) is 22.4 Å². The molecule has 0 unspecified atom stereocenters. The number of benzene rings is 2. The molecule has 0 spiro atoms. The van der Waals surface area contributed by atoms with Crippen molar-refractivity contribution in [1.29, 1.82) is 5.26 Å². The van der Waals surface area contributed by atoms with Crippen LogP contribution in [0.2, 0.25) is 0 Å². The van der Waals surface area contributed by atoms with Crippen molar-refractivity contribution in [3.63, 3.8) is 0 Å². The highest BCUT2D eigenvalue weighted by Gasteiger charge is 2.35. The molecule has 0 fully saturated rings. The molecule has 0 saturated heterocycles. The number of thioether (sulfide) groups is 1. The lowest BCUT2D eigenvalue weighted by Gasteiger charge is -2.22. The number of nitrogens with one attached hydrogen (secondary N) is 1. The van der Waals surface area contributed by atoms with Crippen molar-refractivity contribution in [2.24, 2.45) is 0 Å². The van der Waals surface area contributed by atoms with Gasteiger partial charge in [-0.25, -0.2) is 0 Å². The Kier molecular flexibility index (Phi) is 7.81. The number of amides is 1. The summed E-state index contributed by atoms with van der Waals surface area (Å²) in [6.07, 6.45) is -4.74. The lowest BCUT2D eigenvalue weighted by atomic mass is 10.1. The number of nitrogen functional groups attached to an aromatic ring is 1. The van der Waals surface area contributed by atoms with Gasteiger partial charge in [-0.05, 0) is 49.4 Å². The maximum absolute atomic E-state index is 13.0. The third-order valence-corrected chi connectivity index (χ3v) is 4.90. The molecule has 2 aromatic carbocycles. The number of rotatable bonds is 5. The number of hydrogen-bond donors (Lipinski definition) is 3. The Hall–Kier alpha value is -2.35. The van der Waals surface area contributed by atoms with Crippen molar-refractivity contribution < 1.29 is 23.1 Å². The maximum Gasteiger partial charge on any atom is 0.417 e. The predicted octanol–water partition coefficient (Wildman–Crippen LogP) is 3.75. The molecular formula is C18H18F3N3O2S2. The van der Waals surface area contributed by atoms with Gasteiger partial charge in [0.15, 0.2) is 0 Å². The van der Waals surface area contributed by atoms with E-state index in [1.54, 1.807) is 24.3 Å². The van der Waals surface area contributed by atoms with Crippen molar-refractivity contribution in [1.82, 2.24) is 0 Å². The van der Waals surface area contributed by atoms with E-state index in [1.165, 1.54) is 30.8 Å². The number of carbonyl (C=O) groups is 1. The van der Waals surface area contributed by atoms with E-state index in [1.807, 2.05) is 0 Å². The van der Waals surface area contributed by atoms with Gasteiger partial charge in [0.2, 0.25) is 0 Å². The Bertz CT molecular complexity index is 879. The van der Waals surface area contributed by atoms with E-state index in [2.05, 4.69) is 5.32 Å². The van der Waals surface area contributed by atoms with Gasteiger partial charge in [-0.3, -0.25) is 4.79 Å². The van der Waals surface area contributed by atoms with E-state index >= 15 is 0 Å². The zero-order valence-electron chi connectivity index (χ0n) is 14.7.